The number of thiazole rings is 1. The van der Waals surface area contributed by atoms with E-state index in [1.807, 2.05) is 12.1 Å². The maximum absolute atomic E-state index is 11.0. The molecule has 0 aliphatic rings. The summed E-state index contributed by atoms with van der Waals surface area (Å²) < 4.78 is 0. The molecule has 0 atom stereocenters. The molecule has 1 heterocycles. The minimum Gasteiger partial charge on any atom is -0.389 e. The number of aryl methyl sites for hydroxylation is 1. The molecule has 0 spiro atoms. The highest BCUT2D eigenvalue weighted by Gasteiger charge is 2.11. The first-order valence-electron chi connectivity index (χ1n) is 6.23. The van der Waals surface area contributed by atoms with Crippen molar-refractivity contribution in [2.45, 2.75) is 26.7 Å². The Kier molecular flexibility index (Phi) is 4.16. The second kappa shape index (κ2) is 5.84. The van der Waals surface area contributed by atoms with Gasteiger partial charge in [0.1, 0.15) is 10.7 Å². The van der Waals surface area contributed by atoms with Gasteiger partial charge in [-0.3, -0.25) is 4.79 Å². The van der Waals surface area contributed by atoms with Crippen LogP contribution in [-0.4, -0.2) is 10.9 Å². The number of hydrogen-bond donors (Lipinski definition) is 2. The lowest BCUT2D eigenvalue weighted by molar-refractivity contribution is -0.114. The van der Waals surface area contributed by atoms with Gasteiger partial charge in [-0.25, -0.2) is 4.98 Å². The molecule has 0 radical (unpaired) electrons. The number of amides is 1. The Balaban J connectivity index is 2.25. The first-order chi connectivity index (χ1) is 9.10. The van der Waals surface area contributed by atoms with E-state index < -0.39 is 0 Å². The van der Waals surface area contributed by atoms with Crippen LogP contribution in [0.3, 0.4) is 0 Å². The summed E-state index contributed by atoms with van der Waals surface area (Å²) in [6, 6.07) is 8.23. The average molecular weight is 275 g/mol. The summed E-state index contributed by atoms with van der Waals surface area (Å²) in [5.41, 5.74) is 8.97. The third-order valence-corrected chi connectivity index (χ3v) is 3.50. The van der Waals surface area contributed by atoms with Gasteiger partial charge in [0.15, 0.2) is 5.13 Å². The molecule has 2 aromatic rings. The summed E-state index contributed by atoms with van der Waals surface area (Å²) in [5, 5.41) is 3.81. The summed E-state index contributed by atoms with van der Waals surface area (Å²) in [6.45, 7) is 3.61. The van der Waals surface area contributed by atoms with Crippen molar-refractivity contribution in [2.24, 2.45) is 0 Å². The van der Waals surface area contributed by atoms with Crippen molar-refractivity contribution >= 4 is 27.4 Å². The van der Waals surface area contributed by atoms with Crippen LogP contribution in [0.1, 0.15) is 25.8 Å². The number of benzene rings is 1. The fourth-order valence-electron chi connectivity index (χ4n) is 1.86. The van der Waals surface area contributed by atoms with Crippen LogP contribution in [0.25, 0.3) is 11.3 Å². The van der Waals surface area contributed by atoms with E-state index in [1.165, 1.54) is 23.8 Å². The molecule has 0 saturated carbocycles. The van der Waals surface area contributed by atoms with E-state index in [4.69, 9.17) is 5.73 Å². The predicted octanol–water partition coefficient (Wildman–Crippen LogP) is 3.30. The maximum atomic E-state index is 11.0. The summed E-state index contributed by atoms with van der Waals surface area (Å²) in [5.74, 6) is -0.140. The molecule has 0 aliphatic heterocycles. The molecule has 100 valence electrons. The second-order valence-electron chi connectivity index (χ2n) is 4.36. The number of rotatable bonds is 4. The van der Waals surface area contributed by atoms with E-state index >= 15 is 0 Å². The van der Waals surface area contributed by atoms with Gasteiger partial charge in [-0.2, -0.15) is 0 Å². The normalized spacial score (nSPS) is 10.4. The zero-order valence-corrected chi connectivity index (χ0v) is 11.9. The van der Waals surface area contributed by atoms with Crippen LogP contribution in [0.2, 0.25) is 0 Å². The van der Waals surface area contributed by atoms with E-state index in [-0.39, 0.29) is 5.91 Å². The van der Waals surface area contributed by atoms with Crippen molar-refractivity contribution in [2.75, 3.05) is 11.1 Å². The summed E-state index contributed by atoms with van der Waals surface area (Å²) >= 11 is 1.29. The molecule has 0 bridgehead atoms. The number of carbonyl (C=O) groups is 1. The molecular weight excluding hydrogens is 258 g/mol. The molecule has 5 heteroatoms. The number of nitrogens with one attached hydrogen (secondary N) is 1. The highest BCUT2D eigenvalue weighted by Crippen LogP contribution is 2.33. The molecule has 0 fully saturated rings. The molecule has 0 unspecified atom stereocenters. The van der Waals surface area contributed by atoms with Gasteiger partial charge in [0, 0.05) is 12.5 Å². The molecular formula is C14H17N3OS. The zero-order valence-electron chi connectivity index (χ0n) is 11.1. The molecule has 4 nitrogen and oxygen atoms in total. The average Bonchev–Trinajstić information content (AvgIpc) is 2.71. The van der Waals surface area contributed by atoms with Gasteiger partial charge in [0.05, 0.1) is 0 Å². The Morgan fingerprint density at radius 1 is 1.37 bits per heavy atom. The lowest BCUT2D eigenvalue weighted by Gasteiger charge is -2.01. The van der Waals surface area contributed by atoms with Gasteiger partial charge in [-0.1, -0.05) is 48.9 Å². The van der Waals surface area contributed by atoms with E-state index in [1.54, 1.807) is 0 Å². The molecule has 19 heavy (non-hydrogen) atoms. The van der Waals surface area contributed by atoms with Crippen LogP contribution >= 0.6 is 11.3 Å². The summed E-state index contributed by atoms with van der Waals surface area (Å²) in [7, 11) is 0. The Morgan fingerprint density at radius 2 is 2.05 bits per heavy atom. The first kappa shape index (κ1) is 13.5. The van der Waals surface area contributed by atoms with Crippen molar-refractivity contribution in [3.63, 3.8) is 0 Å². The lowest BCUT2D eigenvalue weighted by Crippen LogP contribution is -2.04. The molecule has 1 aromatic heterocycles. The zero-order chi connectivity index (χ0) is 13.8. The fraction of sp³-hybridized carbons (Fsp3) is 0.286. The predicted molar refractivity (Wildman–Crippen MR) is 80.3 cm³/mol. The van der Waals surface area contributed by atoms with Crippen LogP contribution in [0.5, 0.6) is 0 Å². The third kappa shape index (κ3) is 3.32. The number of hydrogen-bond acceptors (Lipinski definition) is 4. The topological polar surface area (TPSA) is 68.0 Å². The molecule has 2 rings (SSSR count). The second-order valence-corrected chi connectivity index (χ2v) is 5.39. The smallest absolute Gasteiger partial charge is 0.223 e. The van der Waals surface area contributed by atoms with Crippen molar-refractivity contribution in [3.8, 4) is 11.3 Å². The molecule has 1 aromatic carbocycles. The Hall–Kier alpha value is -1.88. The fourth-order valence-corrected chi connectivity index (χ4v) is 2.66. The SMILES string of the molecule is CCCc1ccc(-c2nc(NC(C)=O)sc2N)cc1. The van der Waals surface area contributed by atoms with E-state index in [2.05, 4.69) is 29.4 Å². The highest BCUT2D eigenvalue weighted by atomic mass is 32.1. The number of nitrogens with zero attached hydrogens (tertiary/aromatic N) is 1. The van der Waals surface area contributed by atoms with Gasteiger partial charge in [0.2, 0.25) is 5.91 Å². The number of aromatic nitrogens is 1. The maximum Gasteiger partial charge on any atom is 0.223 e. The minimum atomic E-state index is -0.140. The summed E-state index contributed by atoms with van der Waals surface area (Å²) in [4.78, 5) is 15.4. The lowest BCUT2D eigenvalue weighted by atomic mass is 10.1. The highest BCUT2D eigenvalue weighted by molar-refractivity contribution is 7.20. The van der Waals surface area contributed by atoms with E-state index in [0.717, 1.165) is 24.1 Å². The van der Waals surface area contributed by atoms with Crippen LogP contribution < -0.4 is 11.1 Å². The minimum absolute atomic E-state index is 0.140. The molecule has 1 amide bonds. The van der Waals surface area contributed by atoms with Gasteiger partial charge < -0.3 is 11.1 Å². The number of nitrogen functional groups attached to an aromatic ring is 1. The number of nitrogens with two attached hydrogens (primary N) is 1. The molecule has 0 aliphatic carbocycles. The Labute approximate surface area is 116 Å². The van der Waals surface area contributed by atoms with Crippen LogP contribution in [0, 0.1) is 0 Å². The first-order valence-corrected chi connectivity index (χ1v) is 7.05. The molecule has 0 saturated heterocycles. The van der Waals surface area contributed by atoms with Gasteiger partial charge in [-0.15, -0.1) is 0 Å². The van der Waals surface area contributed by atoms with Crippen molar-refractivity contribution < 1.29 is 4.79 Å². The number of anilines is 2. The van der Waals surface area contributed by atoms with E-state index in [9.17, 15) is 4.79 Å². The van der Waals surface area contributed by atoms with Crippen LogP contribution in [-0.2, 0) is 11.2 Å². The standard InChI is InChI=1S/C14H17N3OS/c1-3-4-10-5-7-11(8-6-10)12-13(15)19-14(17-12)16-9(2)18/h5-8H,3-4,15H2,1-2H3,(H,16,17,18). The van der Waals surface area contributed by atoms with Crippen molar-refractivity contribution in [3.05, 3.63) is 29.8 Å². The molecule has 3 N–H and O–H groups in total. The van der Waals surface area contributed by atoms with Crippen LogP contribution in [0.15, 0.2) is 24.3 Å². The summed E-state index contributed by atoms with van der Waals surface area (Å²) in [6.07, 6.45) is 2.20. The monoisotopic (exact) mass is 275 g/mol. The van der Waals surface area contributed by atoms with Crippen molar-refractivity contribution in [1.29, 1.82) is 0 Å². The Bertz CT molecular complexity index is 575. The quantitative estimate of drug-likeness (QED) is 0.899. The number of carbonyl (C=O) groups excluding carboxylic acids is 1. The van der Waals surface area contributed by atoms with Crippen LogP contribution in [0.4, 0.5) is 10.1 Å². The van der Waals surface area contributed by atoms with Crippen molar-refractivity contribution in [1.82, 2.24) is 4.98 Å². The van der Waals surface area contributed by atoms with Gasteiger partial charge in [-0.05, 0) is 12.0 Å². The van der Waals surface area contributed by atoms with E-state index in [0.29, 0.717) is 10.1 Å². The van der Waals surface area contributed by atoms with Gasteiger partial charge >= 0.3 is 0 Å². The largest absolute Gasteiger partial charge is 0.389 e. The Morgan fingerprint density at radius 3 is 2.63 bits per heavy atom. The van der Waals surface area contributed by atoms with Gasteiger partial charge in [0.25, 0.3) is 0 Å². The third-order valence-electron chi connectivity index (χ3n) is 2.70.